The lowest BCUT2D eigenvalue weighted by Crippen LogP contribution is -1.97. The van der Waals surface area contributed by atoms with Crippen LogP contribution in [0.25, 0.3) is 0 Å². The van der Waals surface area contributed by atoms with Gasteiger partial charge in [-0.3, -0.25) is 0 Å². The summed E-state index contributed by atoms with van der Waals surface area (Å²) in [7, 11) is 0. The third kappa shape index (κ3) is 3.31. The maximum absolute atomic E-state index is 5.99. The molecule has 0 aliphatic heterocycles. The van der Waals surface area contributed by atoms with E-state index in [4.69, 9.17) is 16.3 Å². The molecule has 0 fully saturated rings. The standard InChI is InChI=1S/C17H20ClNO/c1-5-15-8-14(10-18)9-17(19-15)20-16-7-11(2)6-12(3)13(16)4/h6-9H,5,10H2,1-4H3. The van der Waals surface area contributed by atoms with Gasteiger partial charge in [0.15, 0.2) is 0 Å². The molecule has 106 valence electrons. The second-order valence-electron chi connectivity index (χ2n) is 5.10. The quantitative estimate of drug-likeness (QED) is 0.731. The van der Waals surface area contributed by atoms with Crippen LogP contribution in [-0.4, -0.2) is 4.98 Å². The Morgan fingerprint density at radius 1 is 1.10 bits per heavy atom. The van der Waals surface area contributed by atoms with Crippen molar-refractivity contribution in [1.29, 1.82) is 0 Å². The zero-order chi connectivity index (χ0) is 14.7. The molecule has 0 saturated carbocycles. The fourth-order valence-electron chi connectivity index (χ4n) is 2.15. The highest BCUT2D eigenvalue weighted by Crippen LogP contribution is 2.28. The van der Waals surface area contributed by atoms with E-state index in [0.717, 1.165) is 29.0 Å². The Balaban J connectivity index is 2.39. The van der Waals surface area contributed by atoms with E-state index < -0.39 is 0 Å². The van der Waals surface area contributed by atoms with Crippen LogP contribution in [0.5, 0.6) is 11.6 Å². The largest absolute Gasteiger partial charge is 0.439 e. The number of benzene rings is 1. The van der Waals surface area contributed by atoms with Crippen LogP contribution in [0.2, 0.25) is 0 Å². The summed E-state index contributed by atoms with van der Waals surface area (Å²) in [6.07, 6.45) is 0.868. The molecule has 3 heteroatoms. The molecule has 0 radical (unpaired) electrons. The summed E-state index contributed by atoms with van der Waals surface area (Å²) in [5.74, 6) is 1.95. The number of hydrogen-bond acceptors (Lipinski definition) is 2. The van der Waals surface area contributed by atoms with Crippen LogP contribution in [0.15, 0.2) is 24.3 Å². The molecule has 0 saturated heterocycles. The lowest BCUT2D eigenvalue weighted by atomic mass is 10.1. The molecule has 20 heavy (non-hydrogen) atoms. The van der Waals surface area contributed by atoms with Crippen LogP contribution in [0.1, 0.15) is 34.9 Å². The van der Waals surface area contributed by atoms with Crippen molar-refractivity contribution in [2.75, 3.05) is 0 Å². The van der Waals surface area contributed by atoms with Gasteiger partial charge in [0.1, 0.15) is 5.75 Å². The van der Waals surface area contributed by atoms with Gasteiger partial charge in [-0.2, -0.15) is 0 Å². The summed E-state index contributed by atoms with van der Waals surface area (Å²) in [6, 6.07) is 8.13. The molecule has 0 atom stereocenters. The van der Waals surface area contributed by atoms with Crippen LogP contribution in [0.3, 0.4) is 0 Å². The first kappa shape index (κ1) is 14.9. The predicted octanol–water partition coefficient (Wildman–Crippen LogP) is 5.10. The van der Waals surface area contributed by atoms with Crippen LogP contribution < -0.4 is 4.74 Å². The molecule has 1 heterocycles. The summed E-state index contributed by atoms with van der Waals surface area (Å²) in [6.45, 7) is 8.30. The maximum atomic E-state index is 5.99. The van der Waals surface area contributed by atoms with Gasteiger partial charge in [0, 0.05) is 17.6 Å². The van der Waals surface area contributed by atoms with Crippen LogP contribution in [0.4, 0.5) is 0 Å². The summed E-state index contributed by atoms with van der Waals surface area (Å²) in [5.41, 5.74) is 5.60. The number of nitrogens with zero attached hydrogens (tertiary/aromatic N) is 1. The summed E-state index contributed by atoms with van der Waals surface area (Å²) >= 11 is 5.93. The van der Waals surface area contributed by atoms with Gasteiger partial charge >= 0.3 is 0 Å². The minimum Gasteiger partial charge on any atom is -0.439 e. The third-order valence-electron chi connectivity index (χ3n) is 3.41. The predicted molar refractivity (Wildman–Crippen MR) is 83.9 cm³/mol. The van der Waals surface area contributed by atoms with E-state index in [2.05, 4.69) is 38.7 Å². The van der Waals surface area contributed by atoms with Gasteiger partial charge in [-0.05, 0) is 61.6 Å². The Hall–Kier alpha value is -1.54. The van der Waals surface area contributed by atoms with Crippen molar-refractivity contribution in [2.24, 2.45) is 0 Å². The van der Waals surface area contributed by atoms with Gasteiger partial charge in [0.25, 0.3) is 0 Å². The molecule has 2 rings (SSSR count). The Bertz CT molecular complexity index is 600. The number of ether oxygens (including phenoxy) is 1. The van der Waals surface area contributed by atoms with E-state index in [1.807, 2.05) is 18.2 Å². The average Bonchev–Trinajstić information content (AvgIpc) is 2.43. The Kier molecular flexibility index (Phi) is 4.66. The van der Waals surface area contributed by atoms with E-state index in [-0.39, 0.29) is 0 Å². The van der Waals surface area contributed by atoms with Crippen molar-refractivity contribution < 1.29 is 4.74 Å². The highest BCUT2D eigenvalue weighted by Gasteiger charge is 2.08. The fourth-order valence-corrected chi connectivity index (χ4v) is 2.30. The van der Waals surface area contributed by atoms with Crippen molar-refractivity contribution in [3.05, 3.63) is 52.2 Å². The zero-order valence-corrected chi connectivity index (χ0v) is 13.2. The number of halogens is 1. The number of alkyl halides is 1. The van der Waals surface area contributed by atoms with Gasteiger partial charge in [-0.1, -0.05) is 13.0 Å². The summed E-state index contributed by atoms with van der Waals surface area (Å²) in [4.78, 5) is 4.51. The zero-order valence-electron chi connectivity index (χ0n) is 12.5. The minimum atomic E-state index is 0.470. The summed E-state index contributed by atoms with van der Waals surface area (Å²) in [5, 5.41) is 0. The molecule has 0 spiro atoms. The first-order chi connectivity index (χ1) is 9.53. The Morgan fingerprint density at radius 2 is 1.85 bits per heavy atom. The van der Waals surface area contributed by atoms with Gasteiger partial charge < -0.3 is 4.74 Å². The third-order valence-corrected chi connectivity index (χ3v) is 3.72. The van der Waals surface area contributed by atoms with E-state index in [9.17, 15) is 0 Å². The second-order valence-corrected chi connectivity index (χ2v) is 5.37. The molecule has 1 aromatic heterocycles. The number of aryl methyl sites for hydroxylation is 3. The fraction of sp³-hybridized carbons (Fsp3) is 0.353. The molecule has 2 nitrogen and oxygen atoms in total. The molecule has 0 unspecified atom stereocenters. The molecule has 0 aliphatic carbocycles. The van der Waals surface area contributed by atoms with Gasteiger partial charge in [-0.15, -0.1) is 11.6 Å². The normalized spacial score (nSPS) is 10.7. The Morgan fingerprint density at radius 3 is 2.50 bits per heavy atom. The Labute approximate surface area is 125 Å². The number of pyridine rings is 1. The number of rotatable bonds is 4. The van der Waals surface area contributed by atoms with Crippen molar-refractivity contribution in [3.63, 3.8) is 0 Å². The first-order valence-electron chi connectivity index (χ1n) is 6.85. The molecule has 0 amide bonds. The molecule has 0 bridgehead atoms. The van der Waals surface area contributed by atoms with Crippen molar-refractivity contribution in [1.82, 2.24) is 4.98 Å². The SMILES string of the molecule is CCc1cc(CCl)cc(Oc2cc(C)cc(C)c2C)n1. The lowest BCUT2D eigenvalue weighted by molar-refractivity contribution is 0.456. The molecule has 2 aromatic rings. The smallest absolute Gasteiger partial charge is 0.219 e. The van der Waals surface area contributed by atoms with Crippen LogP contribution in [-0.2, 0) is 12.3 Å². The number of hydrogen-bond donors (Lipinski definition) is 0. The second kappa shape index (κ2) is 6.27. The monoisotopic (exact) mass is 289 g/mol. The van der Waals surface area contributed by atoms with E-state index >= 15 is 0 Å². The van der Waals surface area contributed by atoms with Crippen molar-refractivity contribution in [2.45, 2.75) is 40.0 Å². The van der Waals surface area contributed by atoms with E-state index in [0.29, 0.717) is 11.8 Å². The molecule has 0 N–H and O–H groups in total. The van der Waals surface area contributed by atoms with Gasteiger partial charge in [0.2, 0.25) is 5.88 Å². The minimum absolute atomic E-state index is 0.470. The summed E-state index contributed by atoms with van der Waals surface area (Å²) < 4.78 is 5.99. The highest BCUT2D eigenvalue weighted by atomic mass is 35.5. The molecule has 1 aromatic carbocycles. The first-order valence-corrected chi connectivity index (χ1v) is 7.38. The maximum Gasteiger partial charge on any atom is 0.219 e. The van der Waals surface area contributed by atoms with E-state index in [1.54, 1.807) is 0 Å². The number of aromatic nitrogens is 1. The highest BCUT2D eigenvalue weighted by molar-refractivity contribution is 6.17. The van der Waals surface area contributed by atoms with Crippen molar-refractivity contribution in [3.8, 4) is 11.6 Å². The van der Waals surface area contributed by atoms with E-state index in [1.165, 1.54) is 11.1 Å². The van der Waals surface area contributed by atoms with Crippen LogP contribution in [0, 0.1) is 20.8 Å². The lowest BCUT2D eigenvalue weighted by Gasteiger charge is -2.13. The van der Waals surface area contributed by atoms with Crippen molar-refractivity contribution >= 4 is 11.6 Å². The molecular formula is C17H20ClNO. The van der Waals surface area contributed by atoms with Gasteiger partial charge in [-0.25, -0.2) is 4.98 Å². The molecule has 0 aliphatic rings. The van der Waals surface area contributed by atoms with Gasteiger partial charge in [0.05, 0.1) is 0 Å². The average molecular weight is 290 g/mol. The van der Waals surface area contributed by atoms with Crippen LogP contribution >= 0.6 is 11.6 Å². The molecular weight excluding hydrogens is 270 g/mol. The topological polar surface area (TPSA) is 22.1 Å².